The smallest absolute Gasteiger partial charge is 0.230 e. The van der Waals surface area contributed by atoms with Crippen LogP contribution in [0.2, 0.25) is 0 Å². The van der Waals surface area contributed by atoms with E-state index in [1.807, 2.05) is 18.3 Å². The van der Waals surface area contributed by atoms with Gasteiger partial charge in [-0.1, -0.05) is 18.2 Å². The zero-order chi connectivity index (χ0) is 18.9. The standard InChI is InChI=1S/C21H23F2N3O/c22-18-6-1-5-17(19(18)23)14-26-10-3-7-21(20(26)27)8-11-25(15-21)13-16-4-2-9-24-12-16/h1-2,4-6,9,12H,3,7-8,10-11,13-15H2. The van der Waals surface area contributed by atoms with E-state index >= 15 is 0 Å². The quantitative estimate of drug-likeness (QED) is 0.827. The molecule has 27 heavy (non-hydrogen) atoms. The molecule has 0 N–H and O–H groups in total. The number of hydrogen-bond acceptors (Lipinski definition) is 3. The van der Waals surface area contributed by atoms with E-state index in [4.69, 9.17) is 0 Å². The van der Waals surface area contributed by atoms with Crippen LogP contribution >= 0.6 is 0 Å². The molecule has 0 bridgehead atoms. The summed E-state index contributed by atoms with van der Waals surface area (Å²) in [7, 11) is 0. The van der Waals surface area contributed by atoms with Crippen LogP contribution in [-0.4, -0.2) is 40.3 Å². The highest BCUT2D eigenvalue weighted by atomic mass is 19.2. The molecule has 1 aromatic carbocycles. The summed E-state index contributed by atoms with van der Waals surface area (Å²) in [5, 5.41) is 0. The van der Waals surface area contributed by atoms with E-state index in [1.165, 1.54) is 6.07 Å². The first-order valence-electron chi connectivity index (χ1n) is 9.41. The summed E-state index contributed by atoms with van der Waals surface area (Å²) in [5.41, 5.74) is 0.978. The van der Waals surface area contributed by atoms with Crippen molar-refractivity contribution in [3.05, 3.63) is 65.5 Å². The van der Waals surface area contributed by atoms with E-state index in [9.17, 15) is 13.6 Å². The normalized spacial score (nSPS) is 23.3. The molecule has 4 rings (SSSR count). The van der Waals surface area contributed by atoms with Gasteiger partial charge in [0.25, 0.3) is 0 Å². The highest BCUT2D eigenvalue weighted by Gasteiger charge is 2.48. The van der Waals surface area contributed by atoms with Gasteiger partial charge < -0.3 is 4.90 Å². The first-order chi connectivity index (χ1) is 13.1. The average Bonchev–Trinajstić information content (AvgIpc) is 3.07. The Kier molecular flexibility index (Phi) is 4.91. The van der Waals surface area contributed by atoms with Gasteiger partial charge in [-0.25, -0.2) is 8.78 Å². The number of benzene rings is 1. The van der Waals surface area contributed by atoms with E-state index in [1.54, 1.807) is 17.2 Å². The van der Waals surface area contributed by atoms with Crippen molar-refractivity contribution < 1.29 is 13.6 Å². The molecule has 1 amide bonds. The molecule has 0 aliphatic carbocycles. The van der Waals surface area contributed by atoms with Crippen molar-refractivity contribution >= 4 is 5.91 Å². The molecule has 2 saturated heterocycles. The van der Waals surface area contributed by atoms with E-state index in [0.717, 1.165) is 44.0 Å². The highest BCUT2D eigenvalue weighted by Crippen LogP contribution is 2.41. The van der Waals surface area contributed by atoms with Crippen LogP contribution in [0.5, 0.6) is 0 Å². The number of halogens is 2. The minimum absolute atomic E-state index is 0.0751. The van der Waals surface area contributed by atoms with Crippen LogP contribution in [0.3, 0.4) is 0 Å². The molecular weight excluding hydrogens is 348 g/mol. The fourth-order valence-electron chi connectivity index (χ4n) is 4.40. The number of carbonyl (C=O) groups is 1. The van der Waals surface area contributed by atoms with Crippen molar-refractivity contribution in [2.24, 2.45) is 5.41 Å². The Morgan fingerprint density at radius 1 is 1.07 bits per heavy atom. The summed E-state index contributed by atoms with van der Waals surface area (Å²) in [6.45, 7) is 3.08. The van der Waals surface area contributed by atoms with E-state index in [2.05, 4.69) is 9.88 Å². The third kappa shape index (κ3) is 3.58. The minimum Gasteiger partial charge on any atom is -0.338 e. The summed E-state index contributed by atoms with van der Waals surface area (Å²) in [6.07, 6.45) is 6.17. The number of rotatable bonds is 4. The molecule has 1 atom stereocenters. The molecule has 1 aromatic heterocycles. The molecule has 6 heteroatoms. The van der Waals surface area contributed by atoms with Gasteiger partial charge in [0.05, 0.1) is 5.41 Å². The first kappa shape index (κ1) is 18.0. The lowest BCUT2D eigenvalue weighted by atomic mass is 9.78. The number of carbonyl (C=O) groups excluding carboxylic acids is 1. The molecular formula is C21H23F2N3O. The van der Waals surface area contributed by atoms with Gasteiger partial charge in [-0.05, 0) is 43.5 Å². The number of pyridine rings is 1. The van der Waals surface area contributed by atoms with Crippen molar-refractivity contribution in [2.45, 2.75) is 32.4 Å². The molecule has 2 aromatic rings. The maximum absolute atomic E-state index is 14.0. The zero-order valence-corrected chi connectivity index (χ0v) is 15.2. The van der Waals surface area contributed by atoms with Gasteiger partial charge in [0.1, 0.15) is 0 Å². The number of hydrogen-bond donors (Lipinski definition) is 0. The molecule has 2 fully saturated rings. The Bertz CT molecular complexity index is 829. The molecule has 2 aliphatic rings. The molecule has 2 aliphatic heterocycles. The molecule has 3 heterocycles. The lowest BCUT2D eigenvalue weighted by Crippen LogP contribution is -2.49. The first-order valence-corrected chi connectivity index (χ1v) is 9.41. The largest absolute Gasteiger partial charge is 0.338 e. The van der Waals surface area contributed by atoms with E-state index in [-0.39, 0.29) is 18.0 Å². The molecule has 1 spiro atoms. The highest BCUT2D eigenvalue weighted by molar-refractivity contribution is 5.84. The van der Waals surface area contributed by atoms with Gasteiger partial charge in [-0.2, -0.15) is 0 Å². The topological polar surface area (TPSA) is 36.4 Å². The third-order valence-electron chi connectivity index (χ3n) is 5.78. The van der Waals surface area contributed by atoms with Gasteiger partial charge in [0.2, 0.25) is 5.91 Å². The number of piperidine rings is 1. The van der Waals surface area contributed by atoms with Crippen LogP contribution in [0.15, 0.2) is 42.7 Å². The summed E-state index contributed by atoms with van der Waals surface area (Å²) in [5.74, 6) is -1.64. The Morgan fingerprint density at radius 2 is 1.96 bits per heavy atom. The van der Waals surface area contributed by atoms with Gasteiger partial charge in [0, 0.05) is 44.1 Å². The van der Waals surface area contributed by atoms with Crippen LogP contribution in [0, 0.1) is 17.0 Å². The van der Waals surface area contributed by atoms with Gasteiger partial charge >= 0.3 is 0 Å². The molecule has 4 nitrogen and oxygen atoms in total. The van der Waals surface area contributed by atoms with Crippen LogP contribution in [0.25, 0.3) is 0 Å². The van der Waals surface area contributed by atoms with Crippen LogP contribution in [0.4, 0.5) is 8.78 Å². The fraction of sp³-hybridized carbons (Fsp3) is 0.429. The second kappa shape index (κ2) is 7.35. The number of aromatic nitrogens is 1. The zero-order valence-electron chi connectivity index (χ0n) is 15.2. The second-order valence-corrected chi connectivity index (χ2v) is 7.65. The van der Waals surface area contributed by atoms with Crippen molar-refractivity contribution in [2.75, 3.05) is 19.6 Å². The second-order valence-electron chi connectivity index (χ2n) is 7.65. The van der Waals surface area contributed by atoms with Crippen LogP contribution in [-0.2, 0) is 17.9 Å². The Balaban J connectivity index is 1.46. The number of amides is 1. The third-order valence-corrected chi connectivity index (χ3v) is 5.78. The van der Waals surface area contributed by atoms with Crippen molar-refractivity contribution in [3.63, 3.8) is 0 Å². The van der Waals surface area contributed by atoms with E-state index in [0.29, 0.717) is 13.1 Å². The van der Waals surface area contributed by atoms with Gasteiger partial charge in [-0.3, -0.25) is 14.7 Å². The van der Waals surface area contributed by atoms with Crippen LogP contribution in [0.1, 0.15) is 30.4 Å². The van der Waals surface area contributed by atoms with Crippen molar-refractivity contribution in [3.8, 4) is 0 Å². The fourth-order valence-corrected chi connectivity index (χ4v) is 4.40. The Morgan fingerprint density at radius 3 is 2.78 bits per heavy atom. The lowest BCUT2D eigenvalue weighted by Gasteiger charge is -2.39. The SMILES string of the molecule is O=C1N(Cc2cccc(F)c2F)CCCC12CCN(Cc1cccnc1)C2. The van der Waals surface area contributed by atoms with Crippen molar-refractivity contribution in [1.82, 2.24) is 14.8 Å². The van der Waals surface area contributed by atoms with Crippen molar-refractivity contribution in [1.29, 1.82) is 0 Å². The van der Waals surface area contributed by atoms with Gasteiger partial charge in [0.15, 0.2) is 11.6 Å². The Hall–Kier alpha value is -2.34. The number of nitrogens with zero attached hydrogens (tertiary/aromatic N) is 3. The maximum atomic E-state index is 14.0. The Labute approximate surface area is 157 Å². The monoisotopic (exact) mass is 371 g/mol. The summed E-state index contributed by atoms with van der Waals surface area (Å²) in [4.78, 5) is 21.4. The molecule has 0 radical (unpaired) electrons. The summed E-state index contributed by atoms with van der Waals surface area (Å²) >= 11 is 0. The van der Waals surface area contributed by atoms with Gasteiger partial charge in [-0.15, -0.1) is 0 Å². The summed E-state index contributed by atoms with van der Waals surface area (Å²) < 4.78 is 27.5. The maximum Gasteiger partial charge on any atom is 0.230 e. The molecule has 1 unspecified atom stereocenters. The molecule has 0 saturated carbocycles. The lowest BCUT2D eigenvalue weighted by molar-refractivity contribution is -0.146. The minimum atomic E-state index is -0.866. The average molecular weight is 371 g/mol. The predicted molar refractivity (Wildman–Crippen MR) is 97.6 cm³/mol. The number of likely N-dealkylation sites (tertiary alicyclic amines) is 2. The van der Waals surface area contributed by atoms with Crippen LogP contribution < -0.4 is 0 Å². The summed E-state index contributed by atoms with van der Waals surface area (Å²) in [6, 6.07) is 8.10. The molecule has 142 valence electrons. The van der Waals surface area contributed by atoms with E-state index < -0.39 is 17.0 Å². The predicted octanol–water partition coefficient (Wildman–Crippen LogP) is 3.37.